The molecule has 3 rings (SSSR count). The van der Waals surface area contributed by atoms with Gasteiger partial charge in [0.25, 0.3) is 0 Å². The summed E-state index contributed by atoms with van der Waals surface area (Å²) in [5, 5.41) is 0. The zero-order valence-electron chi connectivity index (χ0n) is 14.6. The maximum atomic E-state index is 2.85. The van der Waals surface area contributed by atoms with Gasteiger partial charge >= 0.3 is 0 Å². The van der Waals surface area contributed by atoms with Gasteiger partial charge in [-0.15, -0.1) is 0 Å². The van der Waals surface area contributed by atoms with E-state index in [4.69, 9.17) is 0 Å². The first-order chi connectivity index (χ1) is 10.1. The fourth-order valence-corrected chi connectivity index (χ4v) is 4.57. The lowest BCUT2D eigenvalue weighted by molar-refractivity contribution is -0.0889. The molecule has 2 bridgehead atoms. The first kappa shape index (κ1) is 15.8. The smallest absolute Gasteiger partial charge is 0.0242 e. The van der Waals surface area contributed by atoms with Crippen molar-refractivity contribution in [3.63, 3.8) is 0 Å². The van der Waals surface area contributed by atoms with Gasteiger partial charge in [0, 0.05) is 43.8 Å². The molecule has 3 fully saturated rings. The summed E-state index contributed by atoms with van der Waals surface area (Å²) in [6.45, 7) is 16.1. The van der Waals surface area contributed by atoms with Crippen LogP contribution < -0.4 is 0 Å². The largest absolute Gasteiger partial charge is 0.301 e. The second-order valence-electron chi connectivity index (χ2n) is 8.02. The Labute approximate surface area is 131 Å². The summed E-state index contributed by atoms with van der Waals surface area (Å²) in [5.74, 6) is 0.959. The summed E-state index contributed by atoms with van der Waals surface area (Å²) in [6, 6.07) is 3.27. The molecule has 3 heterocycles. The van der Waals surface area contributed by atoms with Crippen molar-refractivity contribution in [3.8, 4) is 0 Å². The predicted molar refractivity (Wildman–Crippen MR) is 89.7 cm³/mol. The third kappa shape index (κ3) is 3.30. The van der Waals surface area contributed by atoms with Crippen LogP contribution in [-0.4, -0.2) is 71.6 Å². The van der Waals surface area contributed by atoms with Crippen molar-refractivity contribution in [1.82, 2.24) is 14.7 Å². The minimum Gasteiger partial charge on any atom is -0.301 e. The number of hydrogen-bond donors (Lipinski definition) is 0. The number of likely N-dealkylation sites (tertiary alicyclic amines) is 3. The molecule has 0 N–H and O–H groups in total. The third-order valence-electron chi connectivity index (χ3n) is 6.44. The van der Waals surface area contributed by atoms with Crippen molar-refractivity contribution in [3.05, 3.63) is 0 Å². The van der Waals surface area contributed by atoms with Gasteiger partial charge in [0.05, 0.1) is 0 Å². The van der Waals surface area contributed by atoms with Crippen LogP contribution in [0.5, 0.6) is 0 Å². The normalized spacial score (nSPS) is 34.1. The van der Waals surface area contributed by atoms with Gasteiger partial charge in [-0.25, -0.2) is 0 Å². The maximum absolute atomic E-state index is 2.85. The lowest BCUT2D eigenvalue weighted by Crippen LogP contribution is -2.70. The number of piperidine rings is 2. The second kappa shape index (κ2) is 6.55. The standard InChI is InChI=1S/C18H35N3/c1-5-15(4)19-8-6-16(7-9-19)11-21-17-10-18(21)13-20(12-17)14(2)3/h14-18H,5-13H2,1-4H3. The molecular formula is C18H35N3. The van der Waals surface area contributed by atoms with Crippen LogP contribution in [0.15, 0.2) is 0 Å². The van der Waals surface area contributed by atoms with E-state index in [1.165, 1.54) is 58.4 Å². The summed E-state index contributed by atoms with van der Waals surface area (Å²) >= 11 is 0. The van der Waals surface area contributed by atoms with Gasteiger partial charge in [-0.1, -0.05) is 6.92 Å². The van der Waals surface area contributed by atoms with Crippen molar-refractivity contribution in [2.45, 2.75) is 77.5 Å². The molecule has 3 heteroatoms. The van der Waals surface area contributed by atoms with Crippen LogP contribution in [0.4, 0.5) is 0 Å². The lowest BCUT2D eigenvalue weighted by atomic mass is 9.84. The molecule has 0 aliphatic carbocycles. The van der Waals surface area contributed by atoms with Gasteiger partial charge in [-0.2, -0.15) is 0 Å². The van der Waals surface area contributed by atoms with Gasteiger partial charge in [0.2, 0.25) is 0 Å². The third-order valence-corrected chi connectivity index (χ3v) is 6.44. The molecule has 21 heavy (non-hydrogen) atoms. The van der Waals surface area contributed by atoms with E-state index < -0.39 is 0 Å². The number of nitrogens with zero attached hydrogens (tertiary/aromatic N) is 3. The Morgan fingerprint density at radius 3 is 2.10 bits per heavy atom. The summed E-state index contributed by atoms with van der Waals surface area (Å²) in [6.07, 6.45) is 5.61. The molecule has 3 aliphatic rings. The van der Waals surface area contributed by atoms with E-state index in [0.717, 1.165) is 30.1 Å². The quantitative estimate of drug-likeness (QED) is 0.771. The van der Waals surface area contributed by atoms with Crippen molar-refractivity contribution < 1.29 is 0 Å². The van der Waals surface area contributed by atoms with Crippen molar-refractivity contribution in [2.24, 2.45) is 5.92 Å². The van der Waals surface area contributed by atoms with E-state index in [-0.39, 0.29) is 0 Å². The maximum Gasteiger partial charge on any atom is 0.0242 e. The molecule has 0 aromatic heterocycles. The van der Waals surface area contributed by atoms with E-state index in [0.29, 0.717) is 0 Å². The van der Waals surface area contributed by atoms with E-state index in [9.17, 15) is 0 Å². The molecule has 3 nitrogen and oxygen atoms in total. The van der Waals surface area contributed by atoms with Gasteiger partial charge in [-0.3, -0.25) is 9.80 Å². The van der Waals surface area contributed by atoms with Crippen LogP contribution in [0.3, 0.4) is 0 Å². The zero-order chi connectivity index (χ0) is 15.0. The highest BCUT2D eigenvalue weighted by Gasteiger charge is 2.45. The fraction of sp³-hybridized carbons (Fsp3) is 1.00. The molecule has 3 atom stereocenters. The minimum atomic E-state index is 0.733. The molecule has 0 spiro atoms. The van der Waals surface area contributed by atoms with Crippen molar-refractivity contribution in [2.75, 3.05) is 32.7 Å². The van der Waals surface area contributed by atoms with Crippen LogP contribution in [0, 0.1) is 5.92 Å². The van der Waals surface area contributed by atoms with Crippen LogP contribution in [0.2, 0.25) is 0 Å². The van der Waals surface area contributed by atoms with E-state index in [1.807, 2.05) is 0 Å². The average Bonchev–Trinajstić information content (AvgIpc) is 2.52. The predicted octanol–water partition coefficient (Wildman–Crippen LogP) is 2.66. The van der Waals surface area contributed by atoms with Crippen molar-refractivity contribution in [1.29, 1.82) is 0 Å². The Kier molecular flexibility index (Phi) is 4.92. The summed E-state index contributed by atoms with van der Waals surface area (Å²) in [4.78, 5) is 8.23. The topological polar surface area (TPSA) is 9.72 Å². The first-order valence-corrected chi connectivity index (χ1v) is 9.32. The van der Waals surface area contributed by atoms with Crippen molar-refractivity contribution >= 4 is 0 Å². The van der Waals surface area contributed by atoms with Crippen LogP contribution in [-0.2, 0) is 0 Å². The van der Waals surface area contributed by atoms with E-state index >= 15 is 0 Å². The van der Waals surface area contributed by atoms with Crippen LogP contribution >= 0.6 is 0 Å². The Bertz CT molecular complexity index is 323. The minimum absolute atomic E-state index is 0.733. The molecule has 122 valence electrons. The molecule has 3 aliphatic heterocycles. The molecular weight excluding hydrogens is 258 g/mol. The van der Waals surface area contributed by atoms with E-state index in [1.54, 1.807) is 0 Å². The SMILES string of the molecule is CCC(C)N1CCC(CN2C3CC2CN(C(C)C)C3)CC1. The second-order valence-corrected chi connectivity index (χ2v) is 8.02. The van der Waals surface area contributed by atoms with Gasteiger partial charge in [0.1, 0.15) is 0 Å². The van der Waals surface area contributed by atoms with E-state index in [2.05, 4.69) is 42.4 Å². The summed E-state index contributed by atoms with van der Waals surface area (Å²) in [5.41, 5.74) is 0. The van der Waals surface area contributed by atoms with Crippen LogP contribution in [0.25, 0.3) is 0 Å². The molecule has 3 unspecified atom stereocenters. The fourth-order valence-electron chi connectivity index (χ4n) is 4.57. The Morgan fingerprint density at radius 1 is 0.952 bits per heavy atom. The van der Waals surface area contributed by atoms with Gasteiger partial charge in [-0.05, 0) is 65.5 Å². The molecule has 0 saturated carbocycles. The number of piperazine rings is 1. The highest BCUT2D eigenvalue weighted by Crippen LogP contribution is 2.35. The Hall–Kier alpha value is -0.120. The molecule has 0 aromatic rings. The molecule has 3 saturated heterocycles. The molecule has 0 aromatic carbocycles. The number of fused-ring (bicyclic) bond motifs is 2. The van der Waals surface area contributed by atoms with Gasteiger partial charge in [0.15, 0.2) is 0 Å². The monoisotopic (exact) mass is 293 g/mol. The molecule has 0 amide bonds. The zero-order valence-corrected chi connectivity index (χ0v) is 14.6. The summed E-state index contributed by atoms with van der Waals surface area (Å²) < 4.78 is 0. The highest BCUT2D eigenvalue weighted by atomic mass is 15.4. The number of hydrogen-bond acceptors (Lipinski definition) is 3. The number of rotatable bonds is 5. The average molecular weight is 293 g/mol. The highest BCUT2D eigenvalue weighted by molar-refractivity contribution is 5.02. The molecule has 0 radical (unpaired) electrons. The Balaban J connectivity index is 1.43. The first-order valence-electron chi connectivity index (χ1n) is 9.32. The van der Waals surface area contributed by atoms with Gasteiger partial charge < -0.3 is 4.90 Å². The lowest BCUT2D eigenvalue weighted by Gasteiger charge is -2.58. The summed E-state index contributed by atoms with van der Waals surface area (Å²) in [7, 11) is 0. The van der Waals surface area contributed by atoms with Crippen LogP contribution in [0.1, 0.15) is 53.4 Å². The Morgan fingerprint density at radius 2 is 1.57 bits per heavy atom.